The number of guanidine groups is 1. The lowest BCUT2D eigenvalue weighted by molar-refractivity contribution is 0.0420. The Hall–Kier alpha value is -1.59. The SMILES string of the molecule is CCNC(=NCc1ccc(C)cc1)NCCCOC1CCOC1. The first kappa shape index (κ1) is 17.8. The molecule has 1 aromatic rings. The van der Waals surface area contributed by atoms with Crippen LogP contribution in [0.2, 0.25) is 0 Å². The van der Waals surface area contributed by atoms with Crippen LogP contribution in [0, 0.1) is 6.92 Å². The minimum Gasteiger partial charge on any atom is -0.379 e. The van der Waals surface area contributed by atoms with Crippen LogP contribution in [0.3, 0.4) is 0 Å². The highest BCUT2D eigenvalue weighted by Gasteiger charge is 2.15. The smallest absolute Gasteiger partial charge is 0.191 e. The van der Waals surface area contributed by atoms with Crippen molar-refractivity contribution in [1.29, 1.82) is 0 Å². The molecule has 0 amide bonds. The Labute approximate surface area is 139 Å². The number of aryl methyl sites for hydroxylation is 1. The van der Waals surface area contributed by atoms with Crippen LogP contribution in [0.5, 0.6) is 0 Å². The number of nitrogens with zero attached hydrogens (tertiary/aromatic N) is 1. The Morgan fingerprint density at radius 1 is 1.30 bits per heavy atom. The molecule has 128 valence electrons. The summed E-state index contributed by atoms with van der Waals surface area (Å²) in [5.74, 6) is 0.859. The summed E-state index contributed by atoms with van der Waals surface area (Å²) >= 11 is 0. The molecule has 1 atom stereocenters. The molecule has 1 aliphatic rings. The van der Waals surface area contributed by atoms with E-state index in [2.05, 4.69) is 53.7 Å². The van der Waals surface area contributed by atoms with E-state index in [9.17, 15) is 0 Å². The van der Waals surface area contributed by atoms with E-state index in [1.165, 1.54) is 11.1 Å². The van der Waals surface area contributed by atoms with Gasteiger partial charge in [0.05, 0.1) is 19.3 Å². The maximum absolute atomic E-state index is 5.76. The molecule has 0 saturated carbocycles. The third-order valence-electron chi connectivity index (χ3n) is 3.74. The third kappa shape index (κ3) is 7.01. The second-order valence-electron chi connectivity index (χ2n) is 5.82. The molecular formula is C18H29N3O2. The number of ether oxygens (including phenoxy) is 2. The van der Waals surface area contributed by atoms with Crippen molar-refractivity contribution in [3.8, 4) is 0 Å². The van der Waals surface area contributed by atoms with Gasteiger partial charge in [-0.3, -0.25) is 0 Å². The van der Waals surface area contributed by atoms with Gasteiger partial charge in [0, 0.05) is 26.3 Å². The maximum Gasteiger partial charge on any atom is 0.191 e. The van der Waals surface area contributed by atoms with E-state index >= 15 is 0 Å². The lowest BCUT2D eigenvalue weighted by atomic mass is 10.1. The molecular weight excluding hydrogens is 290 g/mol. The minimum atomic E-state index is 0.290. The van der Waals surface area contributed by atoms with Gasteiger partial charge in [-0.15, -0.1) is 0 Å². The van der Waals surface area contributed by atoms with Crippen molar-refractivity contribution in [1.82, 2.24) is 10.6 Å². The number of nitrogens with one attached hydrogen (secondary N) is 2. The summed E-state index contributed by atoms with van der Waals surface area (Å²) in [6.45, 7) is 8.91. The average Bonchev–Trinajstić information content (AvgIpc) is 3.07. The summed E-state index contributed by atoms with van der Waals surface area (Å²) in [7, 11) is 0. The van der Waals surface area contributed by atoms with Crippen LogP contribution >= 0.6 is 0 Å². The molecule has 5 nitrogen and oxygen atoms in total. The number of benzene rings is 1. The zero-order valence-electron chi connectivity index (χ0n) is 14.3. The van der Waals surface area contributed by atoms with Gasteiger partial charge in [0.1, 0.15) is 0 Å². The summed E-state index contributed by atoms with van der Waals surface area (Å²) in [6.07, 6.45) is 2.28. The van der Waals surface area contributed by atoms with Crippen LogP contribution in [0.1, 0.15) is 30.9 Å². The van der Waals surface area contributed by atoms with Crippen LogP contribution in [0.25, 0.3) is 0 Å². The molecule has 23 heavy (non-hydrogen) atoms. The third-order valence-corrected chi connectivity index (χ3v) is 3.74. The van der Waals surface area contributed by atoms with Crippen LogP contribution in [-0.2, 0) is 16.0 Å². The molecule has 0 aliphatic carbocycles. The number of rotatable bonds is 8. The van der Waals surface area contributed by atoms with Crippen LogP contribution in [-0.4, -0.2) is 45.0 Å². The minimum absolute atomic E-state index is 0.290. The first-order chi connectivity index (χ1) is 11.3. The summed E-state index contributed by atoms with van der Waals surface area (Å²) in [4.78, 5) is 4.62. The summed E-state index contributed by atoms with van der Waals surface area (Å²) in [6, 6.07) is 8.49. The van der Waals surface area contributed by atoms with Crippen molar-refractivity contribution >= 4 is 5.96 Å². The lowest BCUT2D eigenvalue weighted by Gasteiger charge is -2.13. The highest BCUT2D eigenvalue weighted by atomic mass is 16.5. The monoisotopic (exact) mass is 319 g/mol. The van der Waals surface area contributed by atoms with Gasteiger partial charge >= 0.3 is 0 Å². The van der Waals surface area contributed by atoms with Gasteiger partial charge in [-0.25, -0.2) is 4.99 Å². The van der Waals surface area contributed by atoms with E-state index in [0.717, 1.165) is 51.7 Å². The molecule has 1 saturated heterocycles. The van der Waals surface area contributed by atoms with Gasteiger partial charge in [-0.2, -0.15) is 0 Å². The predicted molar refractivity (Wildman–Crippen MR) is 93.8 cm³/mol. The molecule has 0 radical (unpaired) electrons. The van der Waals surface area contributed by atoms with Gasteiger partial charge in [-0.05, 0) is 32.3 Å². The topological polar surface area (TPSA) is 54.9 Å². The van der Waals surface area contributed by atoms with Crippen molar-refractivity contribution in [3.63, 3.8) is 0 Å². The van der Waals surface area contributed by atoms with Gasteiger partial charge < -0.3 is 20.1 Å². The number of aliphatic imine (C=N–C) groups is 1. The Balaban J connectivity index is 1.67. The summed E-state index contributed by atoms with van der Waals surface area (Å²) in [5, 5.41) is 6.63. The highest BCUT2D eigenvalue weighted by Crippen LogP contribution is 2.08. The molecule has 1 heterocycles. The van der Waals surface area contributed by atoms with Gasteiger partial charge in [0.15, 0.2) is 5.96 Å². The normalized spacial score (nSPS) is 18.2. The maximum atomic E-state index is 5.76. The molecule has 1 aromatic carbocycles. The van der Waals surface area contributed by atoms with E-state index < -0.39 is 0 Å². The molecule has 0 spiro atoms. The average molecular weight is 319 g/mol. The molecule has 0 aromatic heterocycles. The zero-order chi connectivity index (χ0) is 16.3. The van der Waals surface area contributed by atoms with Gasteiger partial charge in [-0.1, -0.05) is 29.8 Å². The van der Waals surface area contributed by atoms with E-state index in [4.69, 9.17) is 9.47 Å². The van der Waals surface area contributed by atoms with Crippen molar-refractivity contribution in [3.05, 3.63) is 35.4 Å². The van der Waals surface area contributed by atoms with Crippen molar-refractivity contribution in [2.75, 3.05) is 32.9 Å². The Kier molecular flexibility index (Phi) is 7.90. The van der Waals surface area contributed by atoms with Crippen LogP contribution in [0.4, 0.5) is 0 Å². The largest absolute Gasteiger partial charge is 0.379 e. The van der Waals surface area contributed by atoms with E-state index in [1.807, 2.05) is 0 Å². The Bertz CT molecular complexity index is 468. The molecule has 5 heteroatoms. The molecule has 1 unspecified atom stereocenters. The van der Waals surface area contributed by atoms with E-state index in [-0.39, 0.29) is 0 Å². The predicted octanol–water partition coefficient (Wildman–Crippen LogP) is 2.25. The fourth-order valence-electron chi connectivity index (χ4n) is 2.38. The van der Waals surface area contributed by atoms with Gasteiger partial charge in [0.25, 0.3) is 0 Å². The quantitative estimate of drug-likeness (QED) is 0.438. The highest BCUT2D eigenvalue weighted by molar-refractivity contribution is 5.79. The summed E-state index contributed by atoms with van der Waals surface area (Å²) in [5.41, 5.74) is 2.49. The van der Waals surface area contributed by atoms with E-state index in [0.29, 0.717) is 12.6 Å². The number of hydrogen-bond acceptors (Lipinski definition) is 3. The molecule has 2 rings (SSSR count). The fraction of sp³-hybridized carbons (Fsp3) is 0.611. The second-order valence-corrected chi connectivity index (χ2v) is 5.82. The molecule has 0 bridgehead atoms. The second kappa shape index (κ2) is 10.2. The molecule has 1 aliphatic heterocycles. The van der Waals surface area contributed by atoms with E-state index in [1.54, 1.807) is 0 Å². The molecule has 1 fully saturated rings. The number of hydrogen-bond donors (Lipinski definition) is 2. The van der Waals surface area contributed by atoms with Crippen LogP contribution < -0.4 is 10.6 Å². The molecule has 2 N–H and O–H groups in total. The lowest BCUT2D eigenvalue weighted by Crippen LogP contribution is -2.38. The Morgan fingerprint density at radius 2 is 2.13 bits per heavy atom. The fourth-order valence-corrected chi connectivity index (χ4v) is 2.38. The van der Waals surface area contributed by atoms with Crippen molar-refractivity contribution in [2.45, 2.75) is 39.3 Å². The van der Waals surface area contributed by atoms with Gasteiger partial charge in [0.2, 0.25) is 0 Å². The first-order valence-corrected chi connectivity index (χ1v) is 8.55. The van der Waals surface area contributed by atoms with Crippen LogP contribution in [0.15, 0.2) is 29.3 Å². The summed E-state index contributed by atoms with van der Waals surface area (Å²) < 4.78 is 11.1. The standard InChI is InChI=1S/C18H29N3O2/c1-3-19-18(21-13-16-7-5-15(2)6-8-16)20-10-4-11-23-17-9-12-22-14-17/h5-8,17H,3-4,9-14H2,1-2H3,(H2,19,20,21). The van der Waals surface area contributed by atoms with Crippen molar-refractivity contribution < 1.29 is 9.47 Å². The van der Waals surface area contributed by atoms with Crippen molar-refractivity contribution in [2.24, 2.45) is 4.99 Å². The Morgan fingerprint density at radius 3 is 2.83 bits per heavy atom. The first-order valence-electron chi connectivity index (χ1n) is 8.55. The zero-order valence-corrected chi connectivity index (χ0v) is 14.3.